The number of rotatable bonds is 13. The van der Waals surface area contributed by atoms with Gasteiger partial charge in [0, 0.05) is 6.15 Å². The average Bonchev–Trinajstić information content (AvgIpc) is 3.24. The third kappa shape index (κ3) is 9.96. The van der Waals surface area contributed by atoms with Crippen LogP contribution in [0.3, 0.4) is 0 Å². The second-order valence-corrected chi connectivity index (χ2v) is 20.9. The fraction of sp³-hybridized carbons (Fsp3) is 0.106. The smallest absolute Gasteiger partial charge is 0.207 e. The Morgan fingerprint density at radius 1 is 0.316 bits per heavy atom. The molecule has 0 bridgehead atoms. The van der Waals surface area contributed by atoms with Crippen LogP contribution in [0.5, 0.6) is 0 Å². The molecule has 7 aromatic carbocycles. The Hall–Kier alpha value is -4.53. The molecule has 0 unspecified atom stereocenters. The zero-order valence-electron chi connectivity index (χ0n) is 30.9. The monoisotopic (exact) mass is 821 g/mol. The molecule has 0 nitrogen and oxygen atoms in total. The maximum Gasteiger partial charge on any atom is 0.416 e. The molecule has 0 aliphatic rings. The second kappa shape index (κ2) is 18.0. The van der Waals surface area contributed by atoms with E-state index in [2.05, 4.69) is 0 Å². The predicted octanol–water partition coefficient (Wildman–Crippen LogP) is 10.4. The van der Waals surface area contributed by atoms with E-state index >= 15 is 0 Å². The molecule has 0 saturated carbocycles. The van der Waals surface area contributed by atoms with Gasteiger partial charge >= 0.3 is 12.4 Å². The van der Waals surface area contributed by atoms with Gasteiger partial charge in [-0.1, -0.05) is 218 Å². The van der Waals surface area contributed by atoms with Crippen molar-refractivity contribution >= 4 is 67.2 Å². The summed E-state index contributed by atoms with van der Waals surface area (Å²) >= 11 is 0. The summed E-state index contributed by atoms with van der Waals surface area (Å²) in [6.07, 6.45) is -12.3. The lowest BCUT2D eigenvalue weighted by atomic mass is 9.25. The third-order valence-electron chi connectivity index (χ3n) is 10.3. The molecule has 57 heavy (non-hydrogen) atoms. The molecule has 0 spiro atoms. The van der Waals surface area contributed by atoms with Crippen LogP contribution in [0.2, 0.25) is 0 Å². The van der Waals surface area contributed by atoms with E-state index in [1.165, 1.54) is 0 Å². The highest BCUT2D eigenvalue weighted by Gasteiger charge is 2.41. The van der Waals surface area contributed by atoms with Crippen LogP contribution in [-0.4, -0.2) is 24.3 Å². The van der Waals surface area contributed by atoms with Gasteiger partial charge in [0.25, 0.3) is 0 Å². The summed E-state index contributed by atoms with van der Waals surface area (Å²) in [5.74, 6) is 0. The molecule has 0 aliphatic carbocycles. The molecular formula is C47H39BF6P3-. The maximum absolute atomic E-state index is 15.0. The number of alkyl halides is 6. The van der Waals surface area contributed by atoms with Gasteiger partial charge in [-0.2, -0.15) is 26.3 Å². The zero-order valence-corrected chi connectivity index (χ0v) is 33.5. The van der Waals surface area contributed by atoms with Gasteiger partial charge in [-0.15, -0.1) is 18.2 Å². The van der Waals surface area contributed by atoms with Gasteiger partial charge in [-0.25, -0.2) is 5.46 Å². The summed E-state index contributed by atoms with van der Waals surface area (Å²) in [6, 6.07) is 63.0. The van der Waals surface area contributed by atoms with Gasteiger partial charge < -0.3 is 0 Å². The molecule has 0 aromatic heterocycles. The van der Waals surface area contributed by atoms with Crippen molar-refractivity contribution in [2.45, 2.75) is 12.4 Å². The highest BCUT2D eigenvalue weighted by molar-refractivity contribution is 7.81. The highest BCUT2D eigenvalue weighted by Crippen LogP contribution is 2.48. The van der Waals surface area contributed by atoms with Gasteiger partial charge in [0.15, 0.2) is 0 Å². The van der Waals surface area contributed by atoms with Gasteiger partial charge in [0.2, 0.25) is 0 Å². The number of halogens is 6. The summed E-state index contributed by atoms with van der Waals surface area (Å²) in [5, 5.41) is 6.09. The van der Waals surface area contributed by atoms with Crippen molar-refractivity contribution in [3.63, 3.8) is 0 Å². The minimum Gasteiger partial charge on any atom is -0.207 e. The first-order valence-electron chi connectivity index (χ1n) is 18.6. The summed E-state index contributed by atoms with van der Waals surface area (Å²) in [7, 11) is -3.87. The minimum absolute atomic E-state index is 0.121. The van der Waals surface area contributed by atoms with E-state index in [1.54, 1.807) is 0 Å². The van der Waals surface area contributed by atoms with Crippen molar-refractivity contribution in [2.24, 2.45) is 0 Å². The van der Waals surface area contributed by atoms with Gasteiger partial charge in [0.1, 0.15) is 0 Å². The molecule has 7 rings (SSSR count). The molecule has 0 fully saturated rings. The highest BCUT2D eigenvalue weighted by atomic mass is 31.1. The van der Waals surface area contributed by atoms with E-state index in [1.807, 2.05) is 182 Å². The van der Waals surface area contributed by atoms with Crippen LogP contribution in [0.4, 0.5) is 26.3 Å². The fourth-order valence-electron chi connectivity index (χ4n) is 7.60. The number of benzene rings is 7. The average molecular weight is 822 g/mol. The first-order chi connectivity index (χ1) is 27.5. The van der Waals surface area contributed by atoms with Crippen LogP contribution >= 0.6 is 23.8 Å². The lowest BCUT2D eigenvalue weighted by Gasteiger charge is -2.49. The van der Waals surface area contributed by atoms with Gasteiger partial charge in [-0.3, -0.25) is 0 Å². The van der Waals surface area contributed by atoms with E-state index in [4.69, 9.17) is 0 Å². The van der Waals surface area contributed by atoms with Gasteiger partial charge in [0.05, 0.1) is 11.1 Å². The van der Waals surface area contributed by atoms with Crippen LogP contribution < -0.4 is 37.3 Å². The molecule has 0 N–H and O–H groups in total. The number of hydrogen-bond donors (Lipinski definition) is 0. The Balaban J connectivity index is 1.59. The lowest BCUT2D eigenvalue weighted by Crippen LogP contribution is -2.60. The minimum atomic E-state index is -5.01. The molecular weight excluding hydrogens is 782 g/mol. The molecule has 0 atom stereocenters. The van der Waals surface area contributed by atoms with Crippen molar-refractivity contribution < 1.29 is 26.3 Å². The van der Waals surface area contributed by atoms with E-state index in [-0.39, 0.29) is 11.5 Å². The van der Waals surface area contributed by atoms with E-state index in [9.17, 15) is 26.3 Å². The zero-order chi connectivity index (χ0) is 39.9. The predicted molar refractivity (Wildman–Crippen MR) is 234 cm³/mol. The second-order valence-electron chi connectivity index (χ2n) is 14.2. The molecule has 7 aromatic rings. The molecule has 0 radical (unpaired) electrons. The van der Waals surface area contributed by atoms with Crippen LogP contribution in [-0.2, 0) is 12.4 Å². The van der Waals surface area contributed by atoms with Crippen LogP contribution in [0.15, 0.2) is 200 Å². The standard InChI is InChI=1S/C47H39BF6P3/c49-46(50,51)37-31-38(47(52,53)54)33-39(32-37)48(34-55(40-19-7-1-8-20-40)41-21-9-2-10-22-41,35-56(42-23-11-3-12-24-42)43-25-13-4-14-26-43)36-57(44-27-15-5-16-28-44)45-29-17-6-18-30-45/h1-33H,34-36H2/q-1. The van der Waals surface area contributed by atoms with Crippen molar-refractivity contribution in [1.29, 1.82) is 0 Å². The fourth-order valence-corrected chi connectivity index (χ4v) is 17.1. The third-order valence-corrected chi connectivity index (χ3v) is 19.0. The number of hydrogen-bond acceptors (Lipinski definition) is 0. The van der Waals surface area contributed by atoms with E-state index < -0.39 is 53.4 Å². The summed E-state index contributed by atoms with van der Waals surface area (Å²) in [4.78, 5) is 0. The molecule has 288 valence electrons. The summed E-state index contributed by atoms with van der Waals surface area (Å²) in [6.45, 7) is 0. The van der Waals surface area contributed by atoms with Crippen molar-refractivity contribution in [3.8, 4) is 0 Å². The molecule has 0 saturated heterocycles. The SMILES string of the molecule is FC(F)(F)c1cc([B-](CP(c2ccccc2)c2ccccc2)(CP(c2ccccc2)c2ccccc2)CP(c2ccccc2)c2ccccc2)cc(C(F)(F)F)c1. The molecule has 0 amide bonds. The van der Waals surface area contributed by atoms with Crippen LogP contribution in [0.1, 0.15) is 11.1 Å². The van der Waals surface area contributed by atoms with Crippen LogP contribution in [0, 0.1) is 0 Å². The van der Waals surface area contributed by atoms with E-state index in [0.717, 1.165) is 44.0 Å². The van der Waals surface area contributed by atoms with Crippen LogP contribution in [0.25, 0.3) is 0 Å². The Labute approximate surface area is 334 Å². The summed E-state index contributed by atoms with van der Waals surface area (Å²) in [5.41, 5.74) is -2.44. The topological polar surface area (TPSA) is 0 Å². The molecule has 0 heterocycles. The Morgan fingerprint density at radius 3 is 0.719 bits per heavy atom. The van der Waals surface area contributed by atoms with Gasteiger partial charge in [-0.05, 0) is 37.9 Å². The Morgan fingerprint density at radius 2 is 0.526 bits per heavy atom. The van der Waals surface area contributed by atoms with E-state index in [0.29, 0.717) is 18.2 Å². The van der Waals surface area contributed by atoms with Crippen molar-refractivity contribution in [1.82, 2.24) is 0 Å². The van der Waals surface area contributed by atoms with Crippen molar-refractivity contribution in [2.75, 3.05) is 18.2 Å². The normalized spacial score (nSPS) is 12.4. The Kier molecular flexibility index (Phi) is 12.8. The molecule has 10 heteroatoms. The quantitative estimate of drug-likeness (QED) is 0.0618. The van der Waals surface area contributed by atoms with Crippen molar-refractivity contribution in [3.05, 3.63) is 211 Å². The summed E-state index contributed by atoms with van der Waals surface area (Å²) < 4.78 is 89.7. The largest absolute Gasteiger partial charge is 0.416 e. The maximum atomic E-state index is 15.0. The first-order valence-corrected chi connectivity index (χ1v) is 23.2. The Bertz CT molecular complexity index is 1960. The first kappa shape index (κ1) is 40.7. The lowest BCUT2D eigenvalue weighted by molar-refractivity contribution is -0.142. The molecule has 0 aliphatic heterocycles.